The first kappa shape index (κ1) is 13.6. The number of aryl methyl sites for hydroxylation is 1. The zero-order chi connectivity index (χ0) is 13.4. The molecule has 1 atom stereocenters. The Morgan fingerprint density at radius 2 is 1.72 bits per heavy atom. The van der Waals surface area contributed by atoms with Crippen LogP contribution < -0.4 is 5.73 Å². The summed E-state index contributed by atoms with van der Waals surface area (Å²) in [6, 6.07) is 2.96. The molecule has 2 N–H and O–H groups in total. The fourth-order valence-electron chi connectivity index (χ4n) is 1.55. The van der Waals surface area contributed by atoms with Crippen molar-refractivity contribution in [2.75, 3.05) is 0 Å². The van der Waals surface area contributed by atoms with Crippen LogP contribution in [0.1, 0.15) is 21.4 Å². The molecule has 1 heterocycles. The van der Waals surface area contributed by atoms with Crippen molar-refractivity contribution in [3.63, 3.8) is 0 Å². The van der Waals surface area contributed by atoms with Crippen LogP contribution in [0, 0.1) is 24.4 Å². The fourth-order valence-corrected chi connectivity index (χ4v) is 3.14. The lowest BCUT2D eigenvalue weighted by atomic mass is 10.1. The summed E-state index contributed by atoms with van der Waals surface area (Å²) >= 11 is 4.77. The van der Waals surface area contributed by atoms with Crippen molar-refractivity contribution in [2.45, 2.75) is 13.0 Å². The van der Waals surface area contributed by atoms with Gasteiger partial charge in [0.1, 0.15) is 0 Å². The van der Waals surface area contributed by atoms with Gasteiger partial charge in [-0.05, 0) is 46.6 Å². The zero-order valence-corrected chi connectivity index (χ0v) is 11.7. The lowest BCUT2D eigenvalue weighted by Crippen LogP contribution is -2.11. The van der Waals surface area contributed by atoms with E-state index >= 15 is 0 Å². The molecule has 96 valence electrons. The summed E-state index contributed by atoms with van der Waals surface area (Å²) in [4.78, 5) is 1.77. The number of hydrogen-bond acceptors (Lipinski definition) is 2. The van der Waals surface area contributed by atoms with E-state index in [2.05, 4.69) is 15.9 Å². The van der Waals surface area contributed by atoms with Crippen molar-refractivity contribution in [1.82, 2.24) is 0 Å². The number of rotatable bonds is 2. The number of hydrogen-bond donors (Lipinski definition) is 1. The van der Waals surface area contributed by atoms with Crippen molar-refractivity contribution >= 4 is 27.3 Å². The summed E-state index contributed by atoms with van der Waals surface area (Å²) < 4.78 is 40.0. The molecule has 0 bridgehead atoms. The van der Waals surface area contributed by atoms with Crippen LogP contribution in [0.15, 0.2) is 22.7 Å². The Labute approximate surface area is 115 Å². The Hall–Kier alpha value is -0.850. The molecule has 2 rings (SSSR count). The quantitative estimate of drug-likeness (QED) is 0.814. The summed E-state index contributed by atoms with van der Waals surface area (Å²) in [6.07, 6.45) is 0. The lowest BCUT2D eigenvalue weighted by molar-refractivity contribution is 0.444. The van der Waals surface area contributed by atoms with E-state index in [4.69, 9.17) is 5.73 Å². The SMILES string of the molecule is Cc1sc(C(N)c2cc(F)c(F)c(F)c2)cc1Br. The van der Waals surface area contributed by atoms with Gasteiger partial charge in [-0.25, -0.2) is 13.2 Å². The van der Waals surface area contributed by atoms with Crippen molar-refractivity contribution in [3.8, 4) is 0 Å². The van der Waals surface area contributed by atoms with Crippen molar-refractivity contribution < 1.29 is 13.2 Å². The second-order valence-electron chi connectivity index (χ2n) is 3.83. The van der Waals surface area contributed by atoms with E-state index in [-0.39, 0.29) is 5.56 Å². The van der Waals surface area contributed by atoms with Gasteiger partial charge >= 0.3 is 0 Å². The summed E-state index contributed by atoms with van der Waals surface area (Å²) in [6.45, 7) is 1.90. The summed E-state index contributed by atoms with van der Waals surface area (Å²) in [5.41, 5.74) is 6.13. The Balaban J connectivity index is 2.42. The van der Waals surface area contributed by atoms with E-state index in [9.17, 15) is 13.2 Å². The largest absolute Gasteiger partial charge is 0.320 e. The molecule has 1 nitrogen and oxygen atoms in total. The molecule has 0 amide bonds. The minimum absolute atomic E-state index is 0.208. The molecular formula is C12H9BrF3NS. The van der Waals surface area contributed by atoms with Gasteiger partial charge in [0, 0.05) is 14.2 Å². The van der Waals surface area contributed by atoms with Gasteiger partial charge in [0.25, 0.3) is 0 Å². The standard InChI is InChI=1S/C12H9BrF3NS/c1-5-7(13)4-10(18-5)12(17)6-2-8(14)11(16)9(15)3-6/h2-4,12H,17H2,1H3. The Kier molecular flexibility index (Phi) is 3.79. The van der Waals surface area contributed by atoms with E-state index < -0.39 is 23.5 Å². The molecule has 0 radical (unpaired) electrons. The maximum absolute atomic E-state index is 13.1. The molecule has 0 saturated carbocycles. The van der Waals surface area contributed by atoms with Crippen LogP contribution in [-0.4, -0.2) is 0 Å². The molecule has 1 aromatic heterocycles. The highest BCUT2D eigenvalue weighted by molar-refractivity contribution is 9.10. The predicted octanol–water partition coefficient (Wildman–Crippen LogP) is 4.28. The molecule has 1 aromatic carbocycles. The van der Waals surface area contributed by atoms with E-state index in [1.165, 1.54) is 11.3 Å². The van der Waals surface area contributed by atoms with E-state index in [1.54, 1.807) is 6.07 Å². The van der Waals surface area contributed by atoms with Crippen LogP contribution in [0.5, 0.6) is 0 Å². The van der Waals surface area contributed by atoms with Crippen LogP contribution >= 0.6 is 27.3 Å². The molecule has 0 aliphatic rings. The number of benzene rings is 1. The predicted molar refractivity (Wildman–Crippen MR) is 69.1 cm³/mol. The molecule has 0 aliphatic carbocycles. The zero-order valence-electron chi connectivity index (χ0n) is 9.31. The number of thiophene rings is 1. The molecule has 1 unspecified atom stereocenters. The Morgan fingerprint density at radius 1 is 1.17 bits per heavy atom. The molecule has 6 heteroatoms. The van der Waals surface area contributed by atoms with Crippen LogP contribution in [0.2, 0.25) is 0 Å². The molecule has 18 heavy (non-hydrogen) atoms. The van der Waals surface area contributed by atoms with Gasteiger partial charge in [0.05, 0.1) is 6.04 Å². The minimum Gasteiger partial charge on any atom is -0.320 e. The van der Waals surface area contributed by atoms with Crippen LogP contribution in [0.25, 0.3) is 0 Å². The van der Waals surface area contributed by atoms with Crippen molar-refractivity contribution in [1.29, 1.82) is 0 Å². The highest BCUT2D eigenvalue weighted by Gasteiger charge is 2.18. The molecular weight excluding hydrogens is 327 g/mol. The second-order valence-corrected chi connectivity index (χ2v) is 5.97. The summed E-state index contributed by atoms with van der Waals surface area (Å²) in [5.74, 6) is -3.94. The average Bonchev–Trinajstić information content (AvgIpc) is 2.65. The van der Waals surface area contributed by atoms with Crippen LogP contribution in [0.4, 0.5) is 13.2 Å². The maximum atomic E-state index is 13.1. The first-order chi connectivity index (χ1) is 8.40. The average molecular weight is 336 g/mol. The van der Waals surface area contributed by atoms with Gasteiger partial charge in [-0.3, -0.25) is 0 Å². The van der Waals surface area contributed by atoms with Crippen LogP contribution in [0.3, 0.4) is 0 Å². The Bertz CT molecular complexity index is 554. The highest BCUT2D eigenvalue weighted by atomic mass is 79.9. The van der Waals surface area contributed by atoms with Gasteiger partial charge in [0.15, 0.2) is 17.5 Å². The van der Waals surface area contributed by atoms with Gasteiger partial charge < -0.3 is 5.73 Å². The van der Waals surface area contributed by atoms with Crippen LogP contribution in [-0.2, 0) is 0 Å². The third-order valence-electron chi connectivity index (χ3n) is 2.55. The molecule has 0 aliphatic heterocycles. The fraction of sp³-hybridized carbons (Fsp3) is 0.167. The van der Waals surface area contributed by atoms with E-state index in [0.717, 1.165) is 26.4 Å². The Morgan fingerprint density at radius 3 is 2.17 bits per heavy atom. The van der Waals surface area contributed by atoms with Gasteiger partial charge in [-0.1, -0.05) is 0 Å². The van der Waals surface area contributed by atoms with Gasteiger partial charge in [0.2, 0.25) is 0 Å². The lowest BCUT2D eigenvalue weighted by Gasteiger charge is -2.10. The van der Waals surface area contributed by atoms with E-state index in [1.807, 2.05) is 6.92 Å². The molecule has 0 spiro atoms. The third kappa shape index (κ3) is 2.46. The smallest absolute Gasteiger partial charge is 0.194 e. The maximum Gasteiger partial charge on any atom is 0.194 e. The first-order valence-corrected chi connectivity index (χ1v) is 6.67. The molecule has 0 saturated heterocycles. The first-order valence-electron chi connectivity index (χ1n) is 5.06. The van der Waals surface area contributed by atoms with Crippen molar-refractivity contribution in [2.24, 2.45) is 5.73 Å². The van der Waals surface area contributed by atoms with Gasteiger partial charge in [-0.15, -0.1) is 11.3 Å². The molecule has 0 fully saturated rings. The third-order valence-corrected chi connectivity index (χ3v) is 4.77. The minimum atomic E-state index is -1.48. The molecule has 2 aromatic rings. The second kappa shape index (κ2) is 5.03. The topological polar surface area (TPSA) is 26.0 Å². The van der Waals surface area contributed by atoms with Crippen molar-refractivity contribution in [3.05, 3.63) is 55.4 Å². The number of nitrogens with two attached hydrogens (primary N) is 1. The normalized spacial score (nSPS) is 12.8. The highest BCUT2D eigenvalue weighted by Crippen LogP contribution is 2.33. The summed E-state index contributed by atoms with van der Waals surface area (Å²) in [7, 11) is 0. The monoisotopic (exact) mass is 335 g/mol. The van der Waals surface area contributed by atoms with E-state index in [0.29, 0.717) is 0 Å². The van der Waals surface area contributed by atoms with Gasteiger partial charge in [-0.2, -0.15) is 0 Å². The summed E-state index contributed by atoms with van der Waals surface area (Å²) in [5, 5.41) is 0. The number of halogens is 4.